The van der Waals surface area contributed by atoms with Gasteiger partial charge in [0.05, 0.1) is 20.6 Å². The predicted octanol–water partition coefficient (Wildman–Crippen LogP) is 2.99. The van der Waals surface area contributed by atoms with Gasteiger partial charge >= 0.3 is 5.97 Å². The number of carbonyl (C=O) groups is 2. The van der Waals surface area contributed by atoms with E-state index in [1.54, 1.807) is 56.7 Å². The highest BCUT2D eigenvalue weighted by atomic mass is 16.6. The second-order valence-corrected chi connectivity index (χ2v) is 5.60. The number of cyclic esters (lactones) is 1. The number of hydrogen-bond acceptors (Lipinski definition) is 5. The molecule has 3 rings (SSSR count). The second kappa shape index (κ2) is 6.74. The summed E-state index contributed by atoms with van der Waals surface area (Å²) in [7, 11) is 3.11. The standard InChI is InChI=1S/C19H18O5/c1-22-14-8-13(9-15(10-14)23-2)16-11-17(20)24-19(16)18(21)12-6-4-3-5-7-12/h3-10,16,19H,11H2,1-2H3/t16-,19+/m1/s1. The number of benzene rings is 2. The van der Waals surface area contributed by atoms with E-state index in [1.807, 2.05) is 6.07 Å². The highest BCUT2D eigenvalue weighted by Crippen LogP contribution is 2.37. The highest BCUT2D eigenvalue weighted by Gasteiger charge is 2.41. The summed E-state index contributed by atoms with van der Waals surface area (Å²) in [6, 6.07) is 14.2. The number of carbonyl (C=O) groups excluding carboxylic acids is 2. The third kappa shape index (κ3) is 3.11. The van der Waals surface area contributed by atoms with Crippen molar-refractivity contribution in [2.75, 3.05) is 14.2 Å². The van der Waals surface area contributed by atoms with E-state index in [4.69, 9.17) is 14.2 Å². The monoisotopic (exact) mass is 326 g/mol. The third-order valence-electron chi connectivity index (χ3n) is 4.13. The minimum Gasteiger partial charge on any atom is -0.497 e. The van der Waals surface area contributed by atoms with Gasteiger partial charge in [-0.1, -0.05) is 30.3 Å². The summed E-state index contributed by atoms with van der Waals surface area (Å²) in [5.41, 5.74) is 1.31. The first-order chi connectivity index (χ1) is 11.6. The van der Waals surface area contributed by atoms with Crippen molar-refractivity contribution in [3.8, 4) is 11.5 Å². The van der Waals surface area contributed by atoms with Crippen LogP contribution in [0.3, 0.4) is 0 Å². The molecule has 5 nitrogen and oxygen atoms in total. The van der Waals surface area contributed by atoms with Crippen molar-refractivity contribution >= 4 is 11.8 Å². The number of ketones is 1. The molecule has 1 aliphatic rings. The van der Waals surface area contributed by atoms with Crippen LogP contribution >= 0.6 is 0 Å². The zero-order chi connectivity index (χ0) is 17.1. The van der Waals surface area contributed by atoms with Gasteiger partial charge < -0.3 is 14.2 Å². The molecule has 1 aliphatic heterocycles. The largest absolute Gasteiger partial charge is 0.497 e. The van der Waals surface area contributed by atoms with Crippen LogP contribution in [-0.2, 0) is 9.53 Å². The van der Waals surface area contributed by atoms with Gasteiger partial charge in [-0.25, -0.2) is 0 Å². The minimum atomic E-state index is -0.836. The molecule has 0 saturated carbocycles. The Morgan fingerprint density at radius 2 is 1.67 bits per heavy atom. The predicted molar refractivity (Wildman–Crippen MR) is 87.6 cm³/mol. The number of methoxy groups -OCH3 is 2. The minimum absolute atomic E-state index is 0.152. The molecule has 2 aromatic rings. The molecule has 5 heteroatoms. The Balaban J connectivity index is 1.96. The van der Waals surface area contributed by atoms with E-state index in [0.29, 0.717) is 17.1 Å². The molecular formula is C19H18O5. The Morgan fingerprint density at radius 1 is 1.04 bits per heavy atom. The van der Waals surface area contributed by atoms with E-state index in [-0.39, 0.29) is 24.1 Å². The lowest BCUT2D eigenvalue weighted by Crippen LogP contribution is -2.26. The third-order valence-corrected chi connectivity index (χ3v) is 4.13. The van der Waals surface area contributed by atoms with Gasteiger partial charge in [-0.15, -0.1) is 0 Å². The maximum atomic E-state index is 12.7. The molecule has 2 atom stereocenters. The average Bonchev–Trinajstić information content (AvgIpc) is 3.03. The molecule has 0 spiro atoms. The van der Waals surface area contributed by atoms with E-state index in [1.165, 1.54) is 0 Å². The van der Waals surface area contributed by atoms with Crippen LogP contribution in [0.4, 0.5) is 0 Å². The summed E-state index contributed by atoms with van der Waals surface area (Å²) in [5.74, 6) is 0.266. The molecule has 1 fully saturated rings. The molecule has 0 N–H and O–H groups in total. The van der Waals surface area contributed by atoms with Gasteiger partial charge in [-0.2, -0.15) is 0 Å². The molecule has 1 saturated heterocycles. The fourth-order valence-electron chi connectivity index (χ4n) is 2.90. The molecule has 0 unspecified atom stereocenters. The first kappa shape index (κ1) is 16.1. The summed E-state index contributed by atoms with van der Waals surface area (Å²) in [6.07, 6.45) is -0.684. The van der Waals surface area contributed by atoms with E-state index >= 15 is 0 Å². The van der Waals surface area contributed by atoms with Crippen LogP contribution in [0.5, 0.6) is 11.5 Å². The molecular weight excluding hydrogens is 308 g/mol. The number of hydrogen-bond donors (Lipinski definition) is 0. The lowest BCUT2D eigenvalue weighted by Gasteiger charge is -2.18. The van der Waals surface area contributed by atoms with Gasteiger partial charge in [0.1, 0.15) is 11.5 Å². The average molecular weight is 326 g/mol. The molecule has 1 heterocycles. The van der Waals surface area contributed by atoms with Crippen LogP contribution < -0.4 is 9.47 Å². The normalized spacial score (nSPS) is 19.7. The van der Waals surface area contributed by atoms with Gasteiger partial charge in [-0.05, 0) is 17.7 Å². The fraction of sp³-hybridized carbons (Fsp3) is 0.263. The van der Waals surface area contributed by atoms with Gasteiger partial charge in [0, 0.05) is 17.5 Å². The van der Waals surface area contributed by atoms with Gasteiger partial charge in [0.2, 0.25) is 5.78 Å². The number of ether oxygens (including phenoxy) is 3. The first-order valence-corrected chi connectivity index (χ1v) is 7.64. The number of Topliss-reactive ketones (excluding diaryl/α,β-unsaturated/α-hetero) is 1. The van der Waals surface area contributed by atoms with Crippen molar-refractivity contribution in [1.29, 1.82) is 0 Å². The van der Waals surface area contributed by atoms with Gasteiger partial charge in [0.15, 0.2) is 6.10 Å². The SMILES string of the molecule is COc1cc(OC)cc([C@H]2CC(=O)O[C@@H]2C(=O)c2ccccc2)c1. The Bertz CT molecular complexity index is 731. The Labute approximate surface area is 140 Å². The smallest absolute Gasteiger partial charge is 0.307 e. The van der Waals surface area contributed by atoms with Crippen LogP contribution in [0.15, 0.2) is 48.5 Å². The van der Waals surface area contributed by atoms with E-state index in [2.05, 4.69) is 0 Å². The van der Waals surface area contributed by atoms with E-state index in [9.17, 15) is 9.59 Å². The molecule has 0 bridgehead atoms. The molecule has 0 amide bonds. The van der Waals surface area contributed by atoms with Crippen LogP contribution in [0.25, 0.3) is 0 Å². The maximum absolute atomic E-state index is 12.7. The maximum Gasteiger partial charge on any atom is 0.307 e. The summed E-state index contributed by atoms with van der Waals surface area (Å²) in [4.78, 5) is 24.6. The second-order valence-electron chi connectivity index (χ2n) is 5.60. The summed E-state index contributed by atoms with van der Waals surface area (Å²) in [6.45, 7) is 0. The van der Waals surface area contributed by atoms with Crippen LogP contribution in [0.2, 0.25) is 0 Å². The molecule has 124 valence electrons. The molecule has 0 radical (unpaired) electrons. The zero-order valence-electron chi connectivity index (χ0n) is 13.5. The Hall–Kier alpha value is -2.82. The molecule has 0 aliphatic carbocycles. The van der Waals surface area contributed by atoms with Gasteiger partial charge in [-0.3, -0.25) is 9.59 Å². The number of esters is 1. The van der Waals surface area contributed by atoms with Crippen molar-refractivity contribution in [2.24, 2.45) is 0 Å². The number of rotatable bonds is 5. The van der Waals surface area contributed by atoms with Crippen molar-refractivity contribution in [3.05, 3.63) is 59.7 Å². The summed E-state index contributed by atoms with van der Waals surface area (Å²) in [5, 5.41) is 0. The topological polar surface area (TPSA) is 61.8 Å². The molecule has 0 aromatic heterocycles. The van der Waals surface area contributed by atoms with Crippen LogP contribution in [0, 0.1) is 0 Å². The van der Waals surface area contributed by atoms with Gasteiger partial charge in [0.25, 0.3) is 0 Å². The van der Waals surface area contributed by atoms with Crippen molar-refractivity contribution in [2.45, 2.75) is 18.4 Å². The lowest BCUT2D eigenvalue weighted by molar-refractivity contribution is -0.140. The van der Waals surface area contributed by atoms with Crippen LogP contribution in [0.1, 0.15) is 28.3 Å². The van der Waals surface area contributed by atoms with Crippen molar-refractivity contribution in [1.82, 2.24) is 0 Å². The van der Waals surface area contributed by atoms with E-state index in [0.717, 1.165) is 5.56 Å². The Kier molecular flexibility index (Phi) is 4.51. The summed E-state index contributed by atoms with van der Waals surface area (Å²) >= 11 is 0. The summed E-state index contributed by atoms with van der Waals surface area (Å²) < 4.78 is 15.9. The molecule has 2 aromatic carbocycles. The van der Waals surface area contributed by atoms with Crippen molar-refractivity contribution < 1.29 is 23.8 Å². The quantitative estimate of drug-likeness (QED) is 0.624. The lowest BCUT2D eigenvalue weighted by atomic mass is 9.88. The fourth-order valence-corrected chi connectivity index (χ4v) is 2.90. The first-order valence-electron chi connectivity index (χ1n) is 7.64. The van der Waals surface area contributed by atoms with E-state index < -0.39 is 6.10 Å². The zero-order valence-corrected chi connectivity index (χ0v) is 13.5. The molecule has 24 heavy (non-hydrogen) atoms. The van der Waals surface area contributed by atoms with Crippen molar-refractivity contribution in [3.63, 3.8) is 0 Å². The Morgan fingerprint density at radius 3 is 2.25 bits per heavy atom. The van der Waals surface area contributed by atoms with Crippen LogP contribution in [-0.4, -0.2) is 32.1 Å². The highest BCUT2D eigenvalue weighted by molar-refractivity contribution is 6.02.